The SMILES string of the molecule is CC.CC=C1C(=O)CCCC1=O. The Kier molecular flexibility index (Phi) is 5.26. The molecule has 12 heavy (non-hydrogen) atoms. The molecule has 0 saturated heterocycles. The third kappa shape index (κ3) is 2.61. The van der Waals surface area contributed by atoms with Crippen LogP contribution in [0.5, 0.6) is 0 Å². The van der Waals surface area contributed by atoms with Gasteiger partial charge in [0.25, 0.3) is 0 Å². The lowest BCUT2D eigenvalue weighted by Crippen LogP contribution is -2.18. The summed E-state index contributed by atoms with van der Waals surface area (Å²) in [7, 11) is 0. The van der Waals surface area contributed by atoms with E-state index >= 15 is 0 Å². The lowest BCUT2D eigenvalue weighted by Gasteiger charge is -2.09. The van der Waals surface area contributed by atoms with Crippen LogP contribution in [0.1, 0.15) is 40.0 Å². The summed E-state index contributed by atoms with van der Waals surface area (Å²) in [6.07, 6.45) is 3.44. The molecule has 1 fully saturated rings. The van der Waals surface area contributed by atoms with Gasteiger partial charge in [0.2, 0.25) is 0 Å². The van der Waals surface area contributed by atoms with Gasteiger partial charge in [0.1, 0.15) is 0 Å². The van der Waals surface area contributed by atoms with E-state index in [0.717, 1.165) is 6.42 Å². The molecule has 0 amide bonds. The molecule has 0 radical (unpaired) electrons. The van der Waals surface area contributed by atoms with Crippen LogP contribution in [-0.4, -0.2) is 11.6 Å². The Hall–Kier alpha value is -0.920. The predicted molar refractivity (Wildman–Crippen MR) is 49.0 cm³/mol. The summed E-state index contributed by atoms with van der Waals surface area (Å²) >= 11 is 0. The molecule has 1 saturated carbocycles. The largest absolute Gasteiger partial charge is 0.294 e. The van der Waals surface area contributed by atoms with E-state index in [-0.39, 0.29) is 11.6 Å². The van der Waals surface area contributed by atoms with Crippen LogP contribution in [0, 0.1) is 0 Å². The zero-order valence-corrected chi connectivity index (χ0v) is 8.02. The van der Waals surface area contributed by atoms with Crippen LogP contribution < -0.4 is 0 Å². The summed E-state index contributed by atoms with van der Waals surface area (Å²) in [6.45, 7) is 5.73. The molecule has 0 bridgehead atoms. The highest BCUT2D eigenvalue weighted by Crippen LogP contribution is 2.15. The van der Waals surface area contributed by atoms with Crippen molar-refractivity contribution in [1.29, 1.82) is 0 Å². The molecule has 1 aliphatic carbocycles. The normalized spacial score (nSPS) is 16.8. The average molecular weight is 168 g/mol. The lowest BCUT2D eigenvalue weighted by atomic mass is 9.92. The summed E-state index contributed by atoms with van der Waals surface area (Å²) in [5.74, 6) is 0.0255. The fraction of sp³-hybridized carbons (Fsp3) is 0.600. The standard InChI is InChI=1S/C8H10O2.C2H6/c1-2-6-7(9)4-3-5-8(6)10;1-2/h2H,3-5H2,1H3;1-2H3. The molecule has 0 N–H and O–H groups in total. The van der Waals surface area contributed by atoms with Gasteiger partial charge in [-0.3, -0.25) is 9.59 Å². The van der Waals surface area contributed by atoms with Crippen molar-refractivity contribution in [3.8, 4) is 0 Å². The van der Waals surface area contributed by atoms with Crippen molar-refractivity contribution in [3.05, 3.63) is 11.6 Å². The van der Waals surface area contributed by atoms with Crippen molar-refractivity contribution in [2.45, 2.75) is 40.0 Å². The quantitative estimate of drug-likeness (QED) is 0.411. The third-order valence-electron chi connectivity index (χ3n) is 1.70. The molecule has 0 aliphatic heterocycles. The second-order valence-electron chi connectivity index (χ2n) is 2.40. The Morgan fingerprint density at radius 1 is 1.08 bits per heavy atom. The first kappa shape index (κ1) is 11.1. The van der Waals surface area contributed by atoms with Gasteiger partial charge >= 0.3 is 0 Å². The van der Waals surface area contributed by atoms with E-state index in [0.29, 0.717) is 18.4 Å². The number of carbonyl (C=O) groups is 2. The zero-order chi connectivity index (χ0) is 9.56. The van der Waals surface area contributed by atoms with E-state index in [1.807, 2.05) is 13.8 Å². The first-order valence-corrected chi connectivity index (χ1v) is 4.48. The van der Waals surface area contributed by atoms with E-state index in [9.17, 15) is 9.59 Å². The van der Waals surface area contributed by atoms with Crippen LogP contribution in [0.25, 0.3) is 0 Å². The summed E-state index contributed by atoms with van der Waals surface area (Å²) in [5.41, 5.74) is 0.409. The van der Waals surface area contributed by atoms with Crippen LogP contribution >= 0.6 is 0 Å². The Labute approximate surface area is 73.7 Å². The maximum atomic E-state index is 10.9. The first-order valence-electron chi connectivity index (χ1n) is 4.48. The Bertz CT molecular complexity index is 184. The number of rotatable bonds is 0. The first-order chi connectivity index (χ1) is 5.75. The minimum atomic E-state index is 0.0127. The molecule has 68 valence electrons. The van der Waals surface area contributed by atoms with Gasteiger partial charge in [0.05, 0.1) is 5.57 Å². The predicted octanol–water partition coefficient (Wildman–Crippen LogP) is 2.28. The number of hydrogen-bond donors (Lipinski definition) is 0. The number of ketones is 2. The minimum absolute atomic E-state index is 0.0127. The Morgan fingerprint density at radius 3 is 1.75 bits per heavy atom. The maximum Gasteiger partial charge on any atom is 0.166 e. The molecule has 0 aromatic heterocycles. The summed E-state index contributed by atoms with van der Waals surface area (Å²) in [5, 5.41) is 0. The molecule has 2 nitrogen and oxygen atoms in total. The molecule has 1 rings (SSSR count). The average Bonchev–Trinajstić information content (AvgIpc) is 2.08. The van der Waals surface area contributed by atoms with Crippen LogP contribution in [0.2, 0.25) is 0 Å². The molecule has 0 atom stereocenters. The Balaban J connectivity index is 0.000000561. The second kappa shape index (κ2) is 5.70. The molecule has 2 heteroatoms. The van der Waals surface area contributed by atoms with Crippen molar-refractivity contribution in [2.24, 2.45) is 0 Å². The van der Waals surface area contributed by atoms with Crippen molar-refractivity contribution in [2.75, 3.05) is 0 Å². The van der Waals surface area contributed by atoms with Crippen molar-refractivity contribution in [3.63, 3.8) is 0 Å². The van der Waals surface area contributed by atoms with Crippen molar-refractivity contribution < 1.29 is 9.59 Å². The molecule has 0 spiro atoms. The molecule has 0 aromatic carbocycles. The van der Waals surface area contributed by atoms with E-state index in [1.54, 1.807) is 13.0 Å². The molecule has 0 heterocycles. The van der Waals surface area contributed by atoms with Gasteiger partial charge in [-0.05, 0) is 13.3 Å². The lowest BCUT2D eigenvalue weighted by molar-refractivity contribution is -0.123. The van der Waals surface area contributed by atoms with E-state index in [1.165, 1.54) is 0 Å². The van der Waals surface area contributed by atoms with Crippen molar-refractivity contribution >= 4 is 11.6 Å². The van der Waals surface area contributed by atoms with Crippen LogP contribution in [-0.2, 0) is 9.59 Å². The van der Waals surface area contributed by atoms with Gasteiger partial charge in [-0.15, -0.1) is 0 Å². The monoisotopic (exact) mass is 168 g/mol. The van der Waals surface area contributed by atoms with E-state index < -0.39 is 0 Å². The van der Waals surface area contributed by atoms with Gasteiger partial charge in [0, 0.05) is 12.8 Å². The molecule has 0 unspecified atom stereocenters. The topological polar surface area (TPSA) is 34.1 Å². The van der Waals surface area contributed by atoms with Crippen LogP contribution in [0.15, 0.2) is 11.6 Å². The van der Waals surface area contributed by atoms with Gasteiger partial charge in [-0.2, -0.15) is 0 Å². The summed E-state index contributed by atoms with van der Waals surface area (Å²) in [6, 6.07) is 0. The number of hydrogen-bond acceptors (Lipinski definition) is 2. The number of Topliss-reactive ketones (excluding diaryl/α,β-unsaturated/α-hetero) is 2. The minimum Gasteiger partial charge on any atom is -0.294 e. The van der Waals surface area contributed by atoms with E-state index in [4.69, 9.17) is 0 Å². The zero-order valence-electron chi connectivity index (χ0n) is 8.02. The highest BCUT2D eigenvalue weighted by Gasteiger charge is 2.21. The van der Waals surface area contributed by atoms with Crippen LogP contribution in [0.4, 0.5) is 0 Å². The fourth-order valence-corrected chi connectivity index (χ4v) is 1.16. The summed E-state index contributed by atoms with van der Waals surface area (Å²) in [4.78, 5) is 21.9. The highest BCUT2D eigenvalue weighted by atomic mass is 16.1. The fourth-order valence-electron chi connectivity index (χ4n) is 1.16. The van der Waals surface area contributed by atoms with Gasteiger partial charge < -0.3 is 0 Å². The third-order valence-corrected chi connectivity index (χ3v) is 1.70. The van der Waals surface area contributed by atoms with E-state index in [2.05, 4.69) is 0 Å². The van der Waals surface area contributed by atoms with Gasteiger partial charge in [0.15, 0.2) is 11.6 Å². The number of allylic oxidation sites excluding steroid dienone is 2. The second-order valence-corrected chi connectivity index (χ2v) is 2.40. The molecular formula is C10H16O2. The number of carbonyl (C=O) groups excluding carboxylic acids is 2. The maximum absolute atomic E-state index is 10.9. The molecule has 0 aromatic rings. The molecule has 1 aliphatic rings. The van der Waals surface area contributed by atoms with Gasteiger partial charge in [-0.1, -0.05) is 19.9 Å². The highest BCUT2D eigenvalue weighted by molar-refractivity contribution is 6.21. The molecular weight excluding hydrogens is 152 g/mol. The summed E-state index contributed by atoms with van der Waals surface area (Å²) < 4.78 is 0. The smallest absolute Gasteiger partial charge is 0.166 e. The Morgan fingerprint density at radius 2 is 1.50 bits per heavy atom. The van der Waals surface area contributed by atoms with Crippen LogP contribution in [0.3, 0.4) is 0 Å². The van der Waals surface area contributed by atoms with Gasteiger partial charge in [-0.25, -0.2) is 0 Å². The van der Waals surface area contributed by atoms with Crippen molar-refractivity contribution in [1.82, 2.24) is 0 Å².